The van der Waals surface area contributed by atoms with E-state index in [1.807, 2.05) is 0 Å². The molecule has 0 aliphatic heterocycles. The Morgan fingerprint density at radius 1 is 1.14 bits per heavy atom. The number of halogens is 3. The van der Waals surface area contributed by atoms with E-state index in [0.717, 1.165) is 12.8 Å². The molecule has 22 heavy (non-hydrogen) atoms. The molecule has 0 fully saturated rings. The first-order chi connectivity index (χ1) is 10.2. The molecule has 0 saturated heterocycles. The summed E-state index contributed by atoms with van der Waals surface area (Å²) >= 11 is 0. The molecule has 7 heteroatoms. The highest BCUT2D eigenvalue weighted by Gasteiger charge is 2.27. The molecule has 4 nitrogen and oxygen atoms in total. The molecule has 132 valence electrons. The molecule has 0 aromatic rings. The van der Waals surface area contributed by atoms with Crippen LogP contribution in [0, 0.1) is 5.92 Å². The first-order valence-corrected chi connectivity index (χ1v) is 7.86. The van der Waals surface area contributed by atoms with Crippen LogP contribution in [0.3, 0.4) is 0 Å². The molecule has 0 bridgehead atoms. The Bertz CT molecular complexity index is 307. The molecule has 0 aromatic heterocycles. The van der Waals surface area contributed by atoms with Crippen LogP contribution in [0.2, 0.25) is 0 Å². The average molecular weight is 325 g/mol. The zero-order valence-electron chi connectivity index (χ0n) is 14.1. The van der Waals surface area contributed by atoms with E-state index < -0.39 is 12.8 Å². The van der Waals surface area contributed by atoms with Crippen LogP contribution in [0.5, 0.6) is 0 Å². The van der Waals surface area contributed by atoms with Crippen molar-refractivity contribution in [1.29, 1.82) is 0 Å². The van der Waals surface area contributed by atoms with E-state index in [0.29, 0.717) is 30.9 Å². The number of nitrogens with one attached hydrogen (secondary N) is 2. The van der Waals surface area contributed by atoms with E-state index in [1.165, 1.54) is 6.42 Å². The lowest BCUT2D eigenvalue weighted by molar-refractivity contribution is -0.173. The monoisotopic (exact) mass is 325 g/mol. The quantitative estimate of drug-likeness (QED) is 0.368. The molecule has 0 amide bonds. The topological polar surface area (TPSA) is 45.7 Å². The third-order valence-corrected chi connectivity index (χ3v) is 3.05. The maximum Gasteiger partial charge on any atom is 0.411 e. The van der Waals surface area contributed by atoms with Gasteiger partial charge in [0, 0.05) is 26.2 Å². The smallest absolute Gasteiger partial charge is 0.372 e. The third kappa shape index (κ3) is 14.0. The third-order valence-electron chi connectivity index (χ3n) is 3.05. The Hall–Kier alpha value is -0.980. The average Bonchev–Trinajstić information content (AvgIpc) is 2.39. The summed E-state index contributed by atoms with van der Waals surface area (Å²) in [6.07, 6.45) is -0.328. The van der Waals surface area contributed by atoms with Gasteiger partial charge in [-0.3, -0.25) is 4.99 Å². The number of ether oxygens (including phenoxy) is 1. The normalized spacial score (nSPS) is 14.3. The number of hydrogen-bond acceptors (Lipinski definition) is 2. The Morgan fingerprint density at radius 3 is 2.36 bits per heavy atom. The van der Waals surface area contributed by atoms with Crippen molar-refractivity contribution in [3.05, 3.63) is 0 Å². The SMILES string of the molecule is CN=C(NCCCOCC(F)(F)F)NC(C)CCCC(C)C. The van der Waals surface area contributed by atoms with Crippen LogP contribution < -0.4 is 10.6 Å². The van der Waals surface area contributed by atoms with Crippen molar-refractivity contribution in [3.63, 3.8) is 0 Å². The predicted molar refractivity (Wildman–Crippen MR) is 84.1 cm³/mol. The fraction of sp³-hybridized carbons (Fsp3) is 0.933. The van der Waals surface area contributed by atoms with Gasteiger partial charge < -0.3 is 15.4 Å². The van der Waals surface area contributed by atoms with E-state index in [4.69, 9.17) is 0 Å². The van der Waals surface area contributed by atoms with Crippen molar-refractivity contribution in [2.24, 2.45) is 10.9 Å². The van der Waals surface area contributed by atoms with Crippen LogP contribution in [0.1, 0.15) is 46.5 Å². The molecule has 0 heterocycles. The fourth-order valence-corrected chi connectivity index (χ4v) is 1.90. The number of aliphatic imine (C=N–C) groups is 1. The predicted octanol–water partition coefficient (Wildman–Crippen LogP) is 3.34. The van der Waals surface area contributed by atoms with Crippen molar-refractivity contribution in [1.82, 2.24) is 10.6 Å². The minimum Gasteiger partial charge on any atom is -0.372 e. The van der Waals surface area contributed by atoms with Gasteiger partial charge in [0.1, 0.15) is 6.61 Å². The second-order valence-electron chi connectivity index (χ2n) is 5.89. The molecule has 0 saturated carbocycles. The number of alkyl halides is 3. The molecule has 0 radical (unpaired) electrons. The summed E-state index contributed by atoms with van der Waals surface area (Å²) in [6, 6.07) is 0.312. The number of guanidine groups is 1. The zero-order valence-corrected chi connectivity index (χ0v) is 14.1. The lowest BCUT2D eigenvalue weighted by Gasteiger charge is -2.18. The van der Waals surface area contributed by atoms with Crippen LogP contribution in [-0.4, -0.2) is 45.0 Å². The minimum atomic E-state index is -4.25. The van der Waals surface area contributed by atoms with Crippen molar-refractivity contribution in [3.8, 4) is 0 Å². The van der Waals surface area contributed by atoms with Gasteiger partial charge >= 0.3 is 6.18 Å². The largest absolute Gasteiger partial charge is 0.411 e. The van der Waals surface area contributed by atoms with Crippen molar-refractivity contribution < 1.29 is 17.9 Å². The van der Waals surface area contributed by atoms with Crippen LogP contribution >= 0.6 is 0 Å². The van der Waals surface area contributed by atoms with Gasteiger partial charge in [-0.2, -0.15) is 13.2 Å². The van der Waals surface area contributed by atoms with Gasteiger partial charge in [0.15, 0.2) is 5.96 Å². The van der Waals surface area contributed by atoms with Gasteiger partial charge in [0.2, 0.25) is 0 Å². The van der Waals surface area contributed by atoms with Crippen molar-refractivity contribution in [2.45, 2.75) is 58.7 Å². The molecular weight excluding hydrogens is 295 g/mol. The second kappa shape index (κ2) is 11.6. The van der Waals surface area contributed by atoms with Crippen LogP contribution in [0.15, 0.2) is 4.99 Å². The molecule has 1 atom stereocenters. The fourth-order valence-electron chi connectivity index (χ4n) is 1.90. The van der Waals surface area contributed by atoms with Crippen molar-refractivity contribution >= 4 is 5.96 Å². The molecule has 2 N–H and O–H groups in total. The summed E-state index contributed by atoms with van der Waals surface area (Å²) in [6.45, 7) is 5.93. The molecular formula is C15H30F3N3O. The van der Waals surface area contributed by atoms with Crippen LogP contribution in [-0.2, 0) is 4.74 Å². The molecule has 1 unspecified atom stereocenters. The minimum absolute atomic E-state index is 0.0768. The zero-order chi connectivity index (χ0) is 17.0. The summed E-state index contributed by atoms with van der Waals surface area (Å²) in [4.78, 5) is 4.10. The molecule has 0 aliphatic rings. The summed E-state index contributed by atoms with van der Waals surface area (Å²) in [5, 5.41) is 6.35. The number of hydrogen-bond donors (Lipinski definition) is 2. The maximum absolute atomic E-state index is 11.9. The Balaban J connectivity index is 3.71. The molecule has 0 rings (SSSR count). The maximum atomic E-state index is 11.9. The molecule has 0 spiro atoms. The van der Waals surface area contributed by atoms with E-state index in [9.17, 15) is 13.2 Å². The lowest BCUT2D eigenvalue weighted by Crippen LogP contribution is -2.42. The Morgan fingerprint density at radius 2 is 1.82 bits per heavy atom. The highest BCUT2D eigenvalue weighted by Crippen LogP contribution is 2.14. The van der Waals surface area contributed by atoms with Gasteiger partial charge in [0.25, 0.3) is 0 Å². The summed E-state index contributed by atoms with van der Waals surface area (Å²) in [7, 11) is 1.68. The van der Waals surface area contributed by atoms with Crippen molar-refractivity contribution in [2.75, 3.05) is 26.8 Å². The van der Waals surface area contributed by atoms with Crippen LogP contribution in [0.4, 0.5) is 13.2 Å². The van der Waals surface area contributed by atoms with Crippen LogP contribution in [0.25, 0.3) is 0 Å². The van der Waals surface area contributed by atoms with Gasteiger partial charge in [-0.15, -0.1) is 0 Å². The standard InChI is InChI=1S/C15H30F3N3O/c1-12(2)7-5-8-13(3)21-14(19-4)20-9-6-10-22-11-15(16,17)18/h12-13H,5-11H2,1-4H3,(H2,19,20,21). The van der Waals surface area contributed by atoms with Gasteiger partial charge in [-0.1, -0.05) is 26.7 Å². The van der Waals surface area contributed by atoms with E-state index in [2.05, 4.69) is 41.1 Å². The van der Waals surface area contributed by atoms with Gasteiger partial charge in [-0.05, 0) is 25.7 Å². The molecule has 0 aromatic carbocycles. The highest BCUT2D eigenvalue weighted by atomic mass is 19.4. The van der Waals surface area contributed by atoms with Gasteiger partial charge in [0.05, 0.1) is 0 Å². The van der Waals surface area contributed by atoms with E-state index >= 15 is 0 Å². The number of nitrogens with zero attached hydrogens (tertiary/aromatic N) is 1. The summed E-state index contributed by atoms with van der Waals surface area (Å²) < 4.78 is 40.2. The Labute approximate surface area is 131 Å². The van der Waals surface area contributed by atoms with E-state index in [-0.39, 0.29) is 6.61 Å². The summed E-state index contributed by atoms with van der Waals surface area (Å²) in [5.41, 5.74) is 0. The second-order valence-corrected chi connectivity index (χ2v) is 5.89. The first-order valence-electron chi connectivity index (χ1n) is 7.86. The highest BCUT2D eigenvalue weighted by molar-refractivity contribution is 5.79. The Kier molecular flexibility index (Phi) is 11.1. The summed E-state index contributed by atoms with van der Waals surface area (Å²) in [5.74, 6) is 1.38. The van der Waals surface area contributed by atoms with Gasteiger partial charge in [-0.25, -0.2) is 0 Å². The number of rotatable bonds is 10. The first kappa shape index (κ1) is 21.0. The van der Waals surface area contributed by atoms with E-state index in [1.54, 1.807) is 7.05 Å². The molecule has 0 aliphatic carbocycles. The lowest BCUT2D eigenvalue weighted by atomic mass is 10.0.